The third kappa shape index (κ3) is 3.91. The van der Waals surface area contributed by atoms with Crippen LogP contribution in [0.3, 0.4) is 0 Å². The molecule has 5 rings (SSSR count). The van der Waals surface area contributed by atoms with Crippen LogP contribution < -0.4 is 9.80 Å². The van der Waals surface area contributed by atoms with Crippen molar-refractivity contribution in [3.05, 3.63) is 77.3 Å². The molecule has 0 spiro atoms. The van der Waals surface area contributed by atoms with E-state index in [1.807, 2.05) is 29.6 Å². The number of hydrogen-bond acceptors (Lipinski definition) is 3. The Balaban J connectivity index is 1.31. The van der Waals surface area contributed by atoms with Gasteiger partial charge in [-0.25, -0.2) is 4.98 Å². The number of carbonyl (C=O) groups is 2. The number of anilines is 2. The van der Waals surface area contributed by atoms with E-state index >= 15 is 0 Å². The van der Waals surface area contributed by atoms with E-state index in [1.54, 1.807) is 23.2 Å². The topological polar surface area (TPSA) is 58.4 Å². The summed E-state index contributed by atoms with van der Waals surface area (Å²) < 4.78 is 2.06. The van der Waals surface area contributed by atoms with E-state index in [4.69, 9.17) is 11.6 Å². The second-order valence-electron chi connectivity index (χ2n) is 8.68. The van der Waals surface area contributed by atoms with E-state index in [1.165, 1.54) is 11.1 Å². The fourth-order valence-electron chi connectivity index (χ4n) is 4.74. The fourth-order valence-corrected chi connectivity index (χ4v) is 4.93. The van der Waals surface area contributed by atoms with Crippen molar-refractivity contribution in [3.63, 3.8) is 0 Å². The SMILES string of the molecule is CC1CN(C(=O)C2CC(=O)N(c3cccc(Cl)c3)C2)c2ccc(CCn3ccnc3)cc21. The Hall–Kier alpha value is -3.12. The number of carbonyl (C=O) groups excluding carboxylic acids is 2. The summed E-state index contributed by atoms with van der Waals surface area (Å²) in [4.78, 5) is 33.7. The molecule has 3 heterocycles. The molecule has 2 aliphatic rings. The first kappa shape index (κ1) is 20.8. The van der Waals surface area contributed by atoms with Crippen LogP contribution in [0, 0.1) is 5.92 Å². The third-order valence-electron chi connectivity index (χ3n) is 6.45. The molecule has 1 fully saturated rings. The molecule has 0 aliphatic carbocycles. The van der Waals surface area contributed by atoms with Gasteiger partial charge in [0.2, 0.25) is 11.8 Å². The summed E-state index contributed by atoms with van der Waals surface area (Å²) >= 11 is 6.09. The molecule has 2 unspecified atom stereocenters. The zero-order chi connectivity index (χ0) is 22.2. The summed E-state index contributed by atoms with van der Waals surface area (Å²) in [7, 11) is 0. The number of aryl methyl sites for hydroxylation is 2. The monoisotopic (exact) mass is 448 g/mol. The van der Waals surface area contributed by atoms with Crippen molar-refractivity contribution < 1.29 is 9.59 Å². The van der Waals surface area contributed by atoms with Crippen LogP contribution in [-0.4, -0.2) is 34.5 Å². The molecular formula is C25H25ClN4O2. The normalized spacial score (nSPS) is 20.1. The van der Waals surface area contributed by atoms with Crippen molar-refractivity contribution >= 4 is 34.8 Å². The average molecular weight is 449 g/mol. The number of benzene rings is 2. The highest BCUT2D eigenvalue weighted by molar-refractivity contribution is 6.31. The van der Waals surface area contributed by atoms with Gasteiger partial charge < -0.3 is 14.4 Å². The third-order valence-corrected chi connectivity index (χ3v) is 6.68. The number of rotatable bonds is 5. The highest BCUT2D eigenvalue weighted by Crippen LogP contribution is 2.39. The van der Waals surface area contributed by atoms with Crippen LogP contribution in [0.25, 0.3) is 0 Å². The predicted octanol–water partition coefficient (Wildman–Crippen LogP) is 4.28. The molecule has 2 aliphatic heterocycles. The Labute approximate surface area is 192 Å². The maximum Gasteiger partial charge on any atom is 0.232 e. The molecule has 2 aromatic carbocycles. The lowest BCUT2D eigenvalue weighted by Crippen LogP contribution is -2.36. The smallest absolute Gasteiger partial charge is 0.232 e. The van der Waals surface area contributed by atoms with Gasteiger partial charge >= 0.3 is 0 Å². The van der Waals surface area contributed by atoms with Gasteiger partial charge in [-0.1, -0.05) is 36.7 Å². The van der Waals surface area contributed by atoms with Gasteiger partial charge in [0.05, 0.1) is 12.2 Å². The van der Waals surface area contributed by atoms with Gasteiger partial charge in [0.15, 0.2) is 0 Å². The first-order chi connectivity index (χ1) is 15.5. The Kier molecular flexibility index (Phi) is 5.47. The molecule has 0 N–H and O–H groups in total. The Bertz CT molecular complexity index is 1160. The second-order valence-corrected chi connectivity index (χ2v) is 9.12. The van der Waals surface area contributed by atoms with Crippen LogP contribution in [0.2, 0.25) is 5.02 Å². The van der Waals surface area contributed by atoms with Gasteiger partial charge in [-0.3, -0.25) is 9.59 Å². The first-order valence-electron chi connectivity index (χ1n) is 11.0. The van der Waals surface area contributed by atoms with Crippen molar-refractivity contribution in [2.45, 2.75) is 32.2 Å². The molecule has 0 saturated carbocycles. The molecule has 1 saturated heterocycles. The van der Waals surface area contributed by atoms with E-state index < -0.39 is 0 Å². The number of halogens is 1. The van der Waals surface area contributed by atoms with Crippen LogP contribution in [-0.2, 0) is 22.6 Å². The van der Waals surface area contributed by atoms with Gasteiger partial charge in [-0.05, 0) is 41.8 Å². The maximum atomic E-state index is 13.4. The lowest BCUT2D eigenvalue weighted by atomic mass is 10.00. The van der Waals surface area contributed by atoms with Gasteiger partial charge in [-0.15, -0.1) is 0 Å². The first-order valence-corrected chi connectivity index (χ1v) is 11.3. The lowest BCUT2D eigenvalue weighted by molar-refractivity contribution is -0.124. The van der Waals surface area contributed by atoms with E-state index in [0.29, 0.717) is 18.1 Å². The molecule has 32 heavy (non-hydrogen) atoms. The summed E-state index contributed by atoms with van der Waals surface area (Å²) in [5.74, 6) is -0.0867. The molecule has 2 atom stereocenters. The number of aromatic nitrogens is 2. The van der Waals surface area contributed by atoms with E-state index in [0.717, 1.165) is 24.3 Å². The van der Waals surface area contributed by atoms with Crippen molar-refractivity contribution in [3.8, 4) is 0 Å². The van der Waals surface area contributed by atoms with Crippen LogP contribution in [0.5, 0.6) is 0 Å². The predicted molar refractivity (Wildman–Crippen MR) is 125 cm³/mol. The number of imidazole rings is 1. The lowest BCUT2D eigenvalue weighted by Gasteiger charge is -2.22. The van der Waals surface area contributed by atoms with Gasteiger partial charge in [0.25, 0.3) is 0 Å². The summed E-state index contributed by atoms with van der Waals surface area (Å²) in [6.07, 6.45) is 6.72. The number of amides is 2. The molecule has 0 radical (unpaired) electrons. The molecule has 3 aromatic rings. The minimum atomic E-state index is -0.347. The van der Waals surface area contributed by atoms with Crippen molar-refractivity contribution in [1.29, 1.82) is 0 Å². The Morgan fingerprint density at radius 2 is 2.06 bits per heavy atom. The van der Waals surface area contributed by atoms with Crippen LogP contribution >= 0.6 is 11.6 Å². The van der Waals surface area contributed by atoms with Gasteiger partial charge in [-0.2, -0.15) is 0 Å². The van der Waals surface area contributed by atoms with Crippen molar-refractivity contribution in [2.24, 2.45) is 5.92 Å². The summed E-state index contributed by atoms with van der Waals surface area (Å²) in [6.45, 7) is 4.07. The largest absolute Gasteiger partial charge is 0.337 e. The molecule has 164 valence electrons. The van der Waals surface area contributed by atoms with Gasteiger partial charge in [0.1, 0.15) is 0 Å². The molecule has 7 heteroatoms. The molecule has 6 nitrogen and oxygen atoms in total. The zero-order valence-electron chi connectivity index (χ0n) is 17.9. The number of fused-ring (bicyclic) bond motifs is 1. The van der Waals surface area contributed by atoms with E-state index in [2.05, 4.69) is 34.7 Å². The summed E-state index contributed by atoms with van der Waals surface area (Å²) in [5, 5.41) is 0.580. The molecular weight excluding hydrogens is 424 g/mol. The minimum absolute atomic E-state index is 0.0274. The van der Waals surface area contributed by atoms with Gasteiger partial charge in [0, 0.05) is 60.8 Å². The van der Waals surface area contributed by atoms with Crippen LogP contribution in [0.15, 0.2) is 61.2 Å². The van der Waals surface area contributed by atoms with Crippen LogP contribution in [0.1, 0.15) is 30.4 Å². The summed E-state index contributed by atoms with van der Waals surface area (Å²) in [5.41, 5.74) is 4.18. The Morgan fingerprint density at radius 1 is 1.19 bits per heavy atom. The van der Waals surface area contributed by atoms with Crippen molar-refractivity contribution in [2.75, 3.05) is 22.9 Å². The van der Waals surface area contributed by atoms with E-state index in [9.17, 15) is 9.59 Å². The zero-order valence-corrected chi connectivity index (χ0v) is 18.7. The fraction of sp³-hybridized carbons (Fsp3) is 0.320. The molecule has 2 amide bonds. The number of nitrogens with zero attached hydrogens (tertiary/aromatic N) is 4. The molecule has 0 bridgehead atoms. The quantitative estimate of drug-likeness (QED) is 0.585. The Morgan fingerprint density at radius 3 is 2.84 bits per heavy atom. The highest BCUT2D eigenvalue weighted by atomic mass is 35.5. The minimum Gasteiger partial charge on any atom is -0.337 e. The van der Waals surface area contributed by atoms with Crippen LogP contribution in [0.4, 0.5) is 11.4 Å². The maximum absolute atomic E-state index is 13.4. The molecule has 1 aromatic heterocycles. The second kappa shape index (κ2) is 8.43. The number of hydrogen-bond donors (Lipinski definition) is 0. The standard InChI is InChI=1S/C25H25ClN4O2/c1-17-14-30(23-6-5-18(11-22(17)23)7-9-28-10-8-27-16-28)25(32)19-12-24(31)29(15-19)21-4-2-3-20(26)13-21/h2-6,8,10-11,13,16-17,19H,7,9,12,14-15H2,1H3. The van der Waals surface area contributed by atoms with Crippen molar-refractivity contribution in [1.82, 2.24) is 9.55 Å². The summed E-state index contributed by atoms with van der Waals surface area (Å²) in [6, 6.07) is 13.6. The highest BCUT2D eigenvalue weighted by Gasteiger charge is 2.40. The van der Waals surface area contributed by atoms with E-state index in [-0.39, 0.29) is 30.1 Å². The average Bonchev–Trinajstić information content (AvgIpc) is 3.51.